The fourth-order valence-electron chi connectivity index (χ4n) is 5.82. The van der Waals surface area contributed by atoms with E-state index in [0.29, 0.717) is 5.54 Å². The minimum Gasteiger partial charge on any atom is -0.377 e. The second-order valence-corrected chi connectivity index (χ2v) is 7.18. The molecule has 1 aliphatic heterocycles. The van der Waals surface area contributed by atoms with Crippen molar-refractivity contribution in [2.45, 2.75) is 44.1 Å². The van der Waals surface area contributed by atoms with E-state index in [2.05, 4.69) is 16.4 Å². The van der Waals surface area contributed by atoms with Crippen molar-refractivity contribution in [2.24, 2.45) is 23.7 Å². The van der Waals surface area contributed by atoms with E-state index in [1.54, 1.807) is 0 Å². The molecule has 0 aromatic carbocycles. The molecule has 0 unspecified atom stereocenters. The van der Waals surface area contributed by atoms with Gasteiger partial charge < -0.3 is 5.32 Å². The first-order valence-electron chi connectivity index (χ1n) is 7.54. The summed E-state index contributed by atoms with van der Waals surface area (Å²) in [7, 11) is 0. The van der Waals surface area contributed by atoms with Gasteiger partial charge in [0.1, 0.15) is 0 Å². The van der Waals surface area contributed by atoms with Crippen LogP contribution in [0.25, 0.3) is 0 Å². The highest BCUT2D eigenvalue weighted by Crippen LogP contribution is 2.61. The zero-order valence-corrected chi connectivity index (χ0v) is 10.7. The lowest BCUT2D eigenvalue weighted by molar-refractivity contribution is -0.0415. The summed E-state index contributed by atoms with van der Waals surface area (Å²) in [6.07, 6.45) is 12.7. The van der Waals surface area contributed by atoms with Crippen LogP contribution in [0.4, 0.5) is 5.69 Å². The van der Waals surface area contributed by atoms with Gasteiger partial charge in [0.25, 0.3) is 0 Å². The molecule has 5 aliphatic rings. The molecule has 2 nitrogen and oxygen atoms in total. The smallest absolute Gasteiger partial charge is 0.0564 e. The van der Waals surface area contributed by atoms with E-state index in [9.17, 15) is 0 Å². The normalized spacial score (nSPS) is 47.3. The molecule has 4 saturated carbocycles. The number of fused-ring (bicyclic) bond motifs is 1. The van der Waals surface area contributed by atoms with E-state index >= 15 is 0 Å². The molecule has 2 heterocycles. The molecule has 2 heteroatoms. The van der Waals surface area contributed by atoms with Gasteiger partial charge in [-0.1, -0.05) is 0 Å². The molecule has 1 aromatic rings. The first-order valence-corrected chi connectivity index (χ1v) is 7.54. The molecule has 18 heavy (non-hydrogen) atoms. The van der Waals surface area contributed by atoms with E-state index in [1.165, 1.54) is 49.8 Å². The predicted octanol–water partition coefficient (Wildman–Crippen LogP) is 3.24. The van der Waals surface area contributed by atoms with E-state index in [0.717, 1.165) is 23.7 Å². The largest absolute Gasteiger partial charge is 0.377 e. The lowest BCUT2D eigenvalue weighted by Gasteiger charge is -2.60. The Morgan fingerprint density at radius 1 is 1.06 bits per heavy atom. The maximum Gasteiger partial charge on any atom is 0.0564 e. The molecule has 1 spiro atoms. The Hall–Kier alpha value is -1.05. The zero-order chi connectivity index (χ0) is 11.7. The molecule has 1 aromatic heterocycles. The molecule has 0 saturated heterocycles. The van der Waals surface area contributed by atoms with Crippen LogP contribution in [0.15, 0.2) is 18.5 Å². The van der Waals surface area contributed by atoms with Gasteiger partial charge in [0.05, 0.1) is 11.9 Å². The van der Waals surface area contributed by atoms with Gasteiger partial charge in [0.2, 0.25) is 0 Å². The van der Waals surface area contributed by atoms with Crippen LogP contribution in [0.5, 0.6) is 0 Å². The number of rotatable bonds is 0. The fraction of sp³-hybridized carbons (Fsp3) is 0.688. The highest BCUT2D eigenvalue weighted by atomic mass is 15.1. The number of nitrogens with zero attached hydrogens (tertiary/aromatic N) is 1. The lowest BCUT2D eigenvalue weighted by atomic mass is 9.48. The molecule has 0 amide bonds. The van der Waals surface area contributed by atoms with Gasteiger partial charge in [-0.05, 0) is 73.8 Å². The number of anilines is 1. The van der Waals surface area contributed by atoms with Crippen molar-refractivity contribution in [3.05, 3.63) is 24.0 Å². The van der Waals surface area contributed by atoms with Crippen LogP contribution in [0.3, 0.4) is 0 Å². The minimum absolute atomic E-state index is 0.415. The summed E-state index contributed by atoms with van der Waals surface area (Å²) in [6.45, 7) is 0. The number of hydrogen-bond acceptors (Lipinski definition) is 2. The van der Waals surface area contributed by atoms with E-state index in [4.69, 9.17) is 0 Å². The summed E-state index contributed by atoms with van der Waals surface area (Å²) in [5.74, 6) is 3.98. The molecular formula is C16H20N2. The Labute approximate surface area is 108 Å². The van der Waals surface area contributed by atoms with Gasteiger partial charge >= 0.3 is 0 Å². The third kappa shape index (κ3) is 1.08. The Balaban J connectivity index is 1.58. The average Bonchev–Trinajstić information content (AvgIpc) is 2.75. The summed E-state index contributed by atoms with van der Waals surface area (Å²) in [6, 6.07) is 2.22. The Morgan fingerprint density at radius 2 is 1.78 bits per heavy atom. The van der Waals surface area contributed by atoms with Gasteiger partial charge in [-0.15, -0.1) is 0 Å². The van der Waals surface area contributed by atoms with E-state index in [-0.39, 0.29) is 0 Å². The minimum atomic E-state index is 0.415. The van der Waals surface area contributed by atoms with Crippen LogP contribution in [-0.4, -0.2) is 10.5 Å². The molecule has 4 fully saturated rings. The highest BCUT2D eigenvalue weighted by molar-refractivity contribution is 5.58. The van der Waals surface area contributed by atoms with Crippen LogP contribution in [0.2, 0.25) is 0 Å². The predicted molar refractivity (Wildman–Crippen MR) is 71.3 cm³/mol. The molecule has 94 valence electrons. The number of aromatic nitrogens is 1. The molecule has 0 atom stereocenters. The van der Waals surface area contributed by atoms with Gasteiger partial charge in [-0.3, -0.25) is 4.98 Å². The molecule has 6 rings (SSSR count). The SMILES string of the molecule is c1cc2c(cn1)NC1(C2)C2CC3CC(C2)CC1C3. The fourth-order valence-corrected chi connectivity index (χ4v) is 5.82. The van der Waals surface area contributed by atoms with Gasteiger partial charge in [-0.2, -0.15) is 0 Å². The maximum absolute atomic E-state index is 4.29. The van der Waals surface area contributed by atoms with Crippen molar-refractivity contribution in [3.8, 4) is 0 Å². The Kier molecular flexibility index (Phi) is 1.69. The topological polar surface area (TPSA) is 24.9 Å². The quantitative estimate of drug-likeness (QED) is 0.753. The van der Waals surface area contributed by atoms with Crippen molar-refractivity contribution in [1.82, 2.24) is 4.98 Å². The van der Waals surface area contributed by atoms with Crippen molar-refractivity contribution in [1.29, 1.82) is 0 Å². The van der Waals surface area contributed by atoms with E-state index < -0.39 is 0 Å². The third-order valence-corrected chi connectivity index (χ3v) is 6.36. The third-order valence-electron chi connectivity index (χ3n) is 6.36. The van der Waals surface area contributed by atoms with Crippen molar-refractivity contribution >= 4 is 5.69 Å². The maximum atomic E-state index is 4.29. The number of hydrogen-bond donors (Lipinski definition) is 1. The molecule has 4 aliphatic carbocycles. The van der Waals surface area contributed by atoms with Crippen LogP contribution < -0.4 is 5.32 Å². The molecule has 1 N–H and O–H groups in total. The average molecular weight is 240 g/mol. The number of nitrogens with one attached hydrogen (secondary N) is 1. The Morgan fingerprint density at radius 3 is 2.44 bits per heavy atom. The number of pyridine rings is 1. The second-order valence-electron chi connectivity index (χ2n) is 7.18. The van der Waals surface area contributed by atoms with Crippen molar-refractivity contribution < 1.29 is 0 Å². The zero-order valence-electron chi connectivity index (χ0n) is 10.7. The molecule has 0 radical (unpaired) electrons. The monoisotopic (exact) mass is 240 g/mol. The van der Waals surface area contributed by atoms with E-state index in [1.807, 2.05) is 12.4 Å². The lowest BCUT2D eigenvalue weighted by Crippen LogP contribution is -2.61. The van der Waals surface area contributed by atoms with Gasteiger partial charge in [0, 0.05) is 11.7 Å². The first-order chi connectivity index (χ1) is 8.83. The van der Waals surface area contributed by atoms with Crippen LogP contribution in [0, 0.1) is 23.7 Å². The van der Waals surface area contributed by atoms with Crippen molar-refractivity contribution in [3.63, 3.8) is 0 Å². The van der Waals surface area contributed by atoms with Gasteiger partial charge in [-0.25, -0.2) is 0 Å². The standard InChI is InChI=1S/C16H20N2/c1-2-17-9-15-12(1)8-16(18-15)13-4-10-3-11(6-13)7-14(16)5-10/h1-2,9-11,13-14,18H,3-8H2. The van der Waals surface area contributed by atoms with Gasteiger partial charge in [0.15, 0.2) is 0 Å². The highest BCUT2D eigenvalue weighted by Gasteiger charge is 2.58. The molecular weight excluding hydrogens is 220 g/mol. The summed E-state index contributed by atoms with van der Waals surface area (Å²) in [5.41, 5.74) is 3.25. The van der Waals surface area contributed by atoms with Crippen LogP contribution in [0.1, 0.15) is 37.7 Å². The van der Waals surface area contributed by atoms with Crippen molar-refractivity contribution in [2.75, 3.05) is 5.32 Å². The summed E-state index contributed by atoms with van der Waals surface area (Å²) < 4.78 is 0. The summed E-state index contributed by atoms with van der Waals surface area (Å²) in [4.78, 5) is 4.29. The van der Waals surface area contributed by atoms with Crippen LogP contribution in [-0.2, 0) is 6.42 Å². The van der Waals surface area contributed by atoms with Crippen LogP contribution >= 0.6 is 0 Å². The summed E-state index contributed by atoms with van der Waals surface area (Å²) >= 11 is 0. The second kappa shape index (κ2) is 3.09. The molecule has 4 bridgehead atoms. The Bertz CT molecular complexity index is 453. The first kappa shape index (κ1) is 9.82. The summed E-state index contributed by atoms with van der Waals surface area (Å²) in [5, 5.41) is 3.93.